The molecule has 116 valence electrons. The molecule has 0 aliphatic rings. The van der Waals surface area contributed by atoms with E-state index in [-0.39, 0.29) is 0 Å². The Balaban J connectivity index is 2.16. The zero-order valence-electron chi connectivity index (χ0n) is 13.3. The Morgan fingerprint density at radius 3 is 2.39 bits per heavy atom. The van der Waals surface area contributed by atoms with Crippen molar-refractivity contribution in [3.05, 3.63) is 59.3 Å². The number of methoxy groups -OCH3 is 1. The minimum atomic E-state index is 0.323. The fraction of sp³-hybridized carbons (Fsp3) is 0.167. The summed E-state index contributed by atoms with van der Waals surface area (Å²) in [4.78, 5) is 11.4. The van der Waals surface area contributed by atoms with Gasteiger partial charge in [0.05, 0.1) is 12.8 Å². The van der Waals surface area contributed by atoms with E-state index < -0.39 is 0 Å². The molecule has 1 aromatic heterocycles. The van der Waals surface area contributed by atoms with Gasteiger partial charge in [-0.1, -0.05) is 17.3 Å². The molecule has 0 atom stereocenters. The van der Waals surface area contributed by atoms with Crippen molar-refractivity contribution in [1.29, 1.82) is 0 Å². The van der Waals surface area contributed by atoms with Crippen LogP contribution in [0.3, 0.4) is 0 Å². The number of aromatic nitrogens is 3. The summed E-state index contributed by atoms with van der Waals surface area (Å²) in [6, 6.07) is 13.5. The lowest BCUT2D eigenvalue weighted by Crippen LogP contribution is -2.00. The fourth-order valence-corrected chi connectivity index (χ4v) is 2.44. The predicted molar refractivity (Wildman–Crippen MR) is 88.2 cm³/mol. The third-order valence-electron chi connectivity index (χ3n) is 3.91. The number of nitrogens with zero attached hydrogens (tertiary/aromatic N) is 3. The highest BCUT2D eigenvalue weighted by Crippen LogP contribution is 2.27. The number of rotatable bonds is 4. The van der Waals surface area contributed by atoms with Gasteiger partial charge in [-0.25, -0.2) is 4.68 Å². The zero-order chi connectivity index (χ0) is 16.4. The number of hydrogen-bond acceptors (Lipinski definition) is 4. The second kappa shape index (κ2) is 6.04. The summed E-state index contributed by atoms with van der Waals surface area (Å²) in [6.45, 7) is 4.10. The van der Waals surface area contributed by atoms with Gasteiger partial charge in [-0.05, 0) is 55.3 Å². The zero-order valence-corrected chi connectivity index (χ0v) is 13.3. The van der Waals surface area contributed by atoms with Gasteiger partial charge in [0.2, 0.25) is 0 Å². The monoisotopic (exact) mass is 307 g/mol. The molecule has 0 amide bonds. The summed E-state index contributed by atoms with van der Waals surface area (Å²) in [5.41, 5.74) is 5.10. The molecule has 0 aliphatic carbocycles. The molecule has 0 aliphatic heterocycles. The molecular weight excluding hydrogens is 290 g/mol. The topological polar surface area (TPSA) is 57.0 Å². The highest BCUT2D eigenvalue weighted by Gasteiger charge is 2.16. The quantitative estimate of drug-likeness (QED) is 0.693. The van der Waals surface area contributed by atoms with Gasteiger partial charge in [-0.2, -0.15) is 0 Å². The van der Waals surface area contributed by atoms with Crippen LogP contribution in [0.1, 0.15) is 21.6 Å². The van der Waals surface area contributed by atoms with Crippen molar-refractivity contribution in [3.8, 4) is 22.7 Å². The number of carbonyl (C=O) groups is 1. The molecule has 0 radical (unpaired) electrons. The summed E-state index contributed by atoms with van der Waals surface area (Å²) < 4.78 is 6.85. The lowest BCUT2D eigenvalue weighted by Gasteiger charge is -2.09. The van der Waals surface area contributed by atoms with Crippen LogP contribution in [-0.4, -0.2) is 28.4 Å². The maximum atomic E-state index is 11.4. The lowest BCUT2D eigenvalue weighted by molar-refractivity contribution is 0.111. The number of carbonyl (C=O) groups excluding carboxylic acids is 1. The van der Waals surface area contributed by atoms with Gasteiger partial charge >= 0.3 is 0 Å². The van der Waals surface area contributed by atoms with Crippen molar-refractivity contribution in [2.24, 2.45) is 0 Å². The molecule has 0 spiro atoms. The van der Waals surface area contributed by atoms with Gasteiger partial charge in [0.25, 0.3) is 0 Å². The van der Waals surface area contributed by atoms with E-state index in [1.165, 1.54) is 5.56 Å². The predicted octanol–water partition coefficient (Wildman–Crippen LogP) is 3.37. The number of aryl methyl sites for hydroxylation is 2. The summed E-state index contributed by atoms with van der Waals surface area (Å²) in [6.07, 6.45) is 0.734. The number of aldehydes is 1. The van der Waals surface area contributed by atoms with E-state index in [2.05, 4.69) is 17.2 Å². The third kappa shape index (κ3) is 2.73. The van der Waals surface area contributed by atoms with Crippen LogP contribution in [0.4, 0.5) is 0 Å². The maximum Gasteiger partial charge on any atom is 0.172 e. The second-order valence-corrected chi connectivity index (χ2v) is 5.35. The summed E-state index contributed by atoms with van der Waals surface area (Å²) in [5.74, 6) is 0.761. The Hall–Kier alpha value is -2.95. The molecule has 0 saturated heterocycles. The number of benzene rings is 2. The van der Waals surface area contributed by atoms with Gasteiger partial charge in [0.15, 0.2) is 12.0 Å². The van der Waals surface area contributed by atoms with Crippen LogP contribution in [0.15, 0.2) is 42.5 Å². The van der Waals surface area contributed by atoms with E-state index in [9.17, 15) is 4.79 Å². The minimum Gasteiger partial charge on any atom is -0.497 e. The first kappa shape index (κ1) is 15.0. The maximum absolute atomic E-state index is 11.4. The molecule has 5 heteroatoms. The standard InChI is InChI=1S/C18H17N3O2/c1-12-4-5-14(10-13(12)2)18-17(11-22)19-20-21(18)15-6-8-16(23-3)9-7-15/h4-11H,1-3H3. The molecule has 0 N–H and O–H groups in total. The van der Waals surface area contributed by atoms with Gasteiger partial charge in [0, 0.05) is 5.56 Å². The highest BCUT2D eigenvalue weighted by atomic mass is 16.5. The molecule has 23 heavy (non-hydrogen) atoms. The first-order valence-corrected chi connectivity index (χ1v) is 7.27. The molecule has 0 unspecified atom stereocenters. The molecule has 2 aromatic carbocycles. The van der Waals surface area contributed by atoms with Crippen molar-refractivity contribution in [2.45, 2.75) is 13.8 Å². The molecule has 0 bridgehead atoms. The molecular formula is C18H17N3O2. The summed E-state index contributed by atoms with van der Waals surface area (Å²) in [7, 11) is 1.62. The Bertz CT molecular complexity index is 851. The molecule has 0 saturated carbocycles. The first-order chi connectivity index (χ1) is 11.1. The molecule has 0 fully saturated rings. The summed E-state index contributed by atoms with van der Waals surface area (Å²) in [5, 5.41) is 8.13. The van der Waals surface area contributed by atoms with E-state index in [0.717, 1.165) is 28.8 Å². The SMILES string of the molecule is COc1ccc(-n2nnc(C=O)c2-c2ccc(C)c(C)c2)cc1. The average Bonchev–Trinajstić information content (AvgIpc) is 3.01. The highest BCUT2D eigenvalue weighted by molar-refractivity contribution is 5.84. The Kier molecular flexibility index (Phi) is 3.93. The van der Waals surface area contributed by atoms with Crippen molar-refractivity contribution >= 4 is 6.29 Å². The second-order valence-electron chi connectivity index (χ2n) is 5.35. The molecule has 1 heterocycles. The van der Waals surface area contributed by atoms with Crippen LogP contribution in [0, 0.1) is 13.8 Å². The van der Waals surface area contributed by atoms with Crippen molar-refractivity contribution in [1.82, 2.24) is 15.0 Å². The van der Waals surface area contributed by atoms with Gasteiger partial charge in [-0.15, -0.1) is 5.10 Å². The van der Waals surface area contributed by atoms with Crippen LogP contribution in [0.25, 0.3) is 16.9 Å². The first-order valence-electron chi connectivity index (χ1n) is 7.27. The summed E-state index contributed by atoms with van der Waals surface area (Å²) >= 11 is 0. The average molecular weight is 307 g/mol. The van der Waals surface area contributed by atoms with E-state index in [0.29, 0.717) is 11.4 Å². The normalized spacial score (nSPS) is 10.6. The van der Waals surface area contributed by atoms with Gasteiger partial charge in [-0.3, -0.25) is 4.79 Å². The van der Waals surface area contributed by atoms with Crippen molar-refractivity contribution in [3.63, 3.8) is 0 Å². The number of ether oxygens (including phenoxy) is 1. The van der Waals surface area contributed by atoms with Crippen LogP contribution in [0.5, 0.6) is 5.75 Å². The Morgan fingerprint density at radius 1 is 1.04 bits per heavy atom. The minimum absolute atomic E-state index is 0.323. The van der Waals surface area contributed by atoms with Crippen LogP contribution < -0.4 is 4.74 Å². The number of hydrogen-bond donors (Lipinski definition) is 0. The van der Waals surface area contributed by atoms with E-state index in [4.69, 9.17) is 4.74 Å². The Morgan fingerprint density at radius 2 is 1.78 bits per heavy atom. The molecule has 3 rings (SSSR count). The van der Waals surface area contributed by atoms with Crippen molar-refractivity contribution in [2.75, 3.05) is 7.11 Å². The van der Waals surface area contributed by atoms with Crippen LogP contribution in [-0.2, 0) is 0 Å². The molecule has 5 nitrogen and oxygen atoms in total. The van der Waals surface area contributed by atoms with Gasteiger partial charge in [0.1, 0.15) is 11.4 Å². The lowest BCUT2D eigenvalue weighted by atomic mass is 10.0. The van der Waals surface area contributed by atoms with E-state index >= 15 is 0 Å². The van der Waals surface area contributed by atoms with E-state index in [1.54, 1.807) is 11.8 Å². The van der Waals surface area contributed by atoms with Crippen molar-refractivity contribution < 1.29 is 9.53 Å². The third-order valence-corrected chi connectivity index (χ3v) is 3.91. The smallest absolute Gasteiger partial charge is 0.172 e. The molecule has 3 aromatic rings. The fourth-order valence-electron chi connectivity index (χ4n) is 2.44. The van der Waals surface area contributed by atoms with Gasteiger partial charge < -0.3 is 4.74 Å². The van der Waals surface area contributed by atoms with E-state index in [1.807, 2.05) is 49.4 Å². The largest absolute Gasteiger partial charge is 0.497 e. The Labute approximate surface area is 134 Å². The van der Waals surface area contributed by atoms with Crippen LogP contribution >= 0.6 is 0 Å². The van der Waals surface area contributed by atoms with Crippen LogP contribution in [0.2, 0.25) is 0 Å².